The van der Waals surface area contributed by atoms with Crippen molar-refractivity contribution in [2.24, 2.45) is 0 Å². The van der Waals surface area contributed by atoms with Gasteiger partial charge in [0.25, 0.3) is 0 Å². The van der Waals surface area contributed by atoms with Gasteiger partial charge in [-0.05, 0) is 41.0 Å². The largest absolute Gasteiger partial charge is 0.433 e. The molecule has 0 radical (unpaired) electrons. The van der Waals surface area contributed by atoms with Crippen LogP contribution in [0.5, 0.6) is 0 Å². The van der Waals surface area contributed by atoms with E-state index in [1.54, 1.807) is 0 Å². The predicted octanol–water partition coefficient (Wildman–Crippen LogP) is 4.42. The standard InChI is InChI=1S/C20H30O6S/c1-12(2)16-9-17(13(3)4)19(18(10-16)14(5)6)27(22,23)26-15(7)20(21)25-11-24-8/h9-10,12-14H,7,11H2,1-6,8H3. The van der Waals surface area contributed by atoms with E-state index in [0.29, 0.717) is 11.1 Å². The molecular weight excluding hydrogens is 368 g/mol. The average molecular weight is 399 g/mol. The summed E-state index contributed by atoms with van der Waals surface area (Å²) in [5.74, 6) is -1.45. The molecule has 0 aliphatic carbocycles. The molecule has 0 fully saturated rings. The van der Waals surface area contributed by atoms with Crippen LogP contribution < -0.4 is 0 Å². The van der Waals surface area contributed by atoms with Crippen molar-refractivity contribution in [1.29, 1.82) is 0 Å². The van der Waals surface area contributed by atoms with Crippen LogP contribution in [0.25, 0.3) is 0 Å². The number of ether oxygens (including phenoxy) is 2. The van der Waals surface area contributed by atoms with Crippen molar-refractivity contribution >= 4 is 16.1 Å². The summed E-state index contributed by atoms with van der Waals surface area (Å²) in [6, 6.07) is 3.78. The van der Waals surface area contributed by atoms with E-state index in [1.165, 1.54) is 7.11 Å². The number of carbonyl (C=O) groups is 1. The Morgan fingerprint density at radius 3 is 1.85 bits per heavy atom. The summed E-state index contributed by atoms with van der Waals surface area (Å²) in [7, 11) is -2.92. The first kappa shape index (κ1) is 23.2. The van der Waals surface area contributed by atoms with Gasteiger partial charge in [0.05, 0.1) is 0 Å². The van der Waals surface area contributed by atoms with Crippen molar-refractivity contribution in [3.63, 3.8) is 0 Å². The number of methoxy groups -OCH3 is 1. The van der Waals surface area contributed by atoms with Gasteiger partial charge in [0.15, 0.2) is 6.79 Å². The number of hydrogen-bond donors (Lipinski definition) is 0. The van der Waals surface area contributed by atoms with Gasteiger partial charge in [-0.25, -0.2) is 4.79 Å². The predicted molar refractivity (Wildman–Crippen MR) is 104 cm³/mol. The third-order valence-electron chi connectivity index (χ3n) is 4.08. The lowest BCUT2D eigenvalue weighted by Gasteiger charge is -2.22. The molecule has 0 atom stereocenters. The first-order chi connectivity index (χ1) is 12.4. The molecule has 0 bridgehead atoms. The van der Waals surface area contributed by atoms with Gasteiger partial charge in [-0.3, -0.25) is 0 Å². The summed E-state index contributed by atoms with van der Waals surface area (Å²) in [5, 5.41) is 0. The lowest BCUT2D eigenvalue weighted by molar-refractivity contribution is -0.151. The van der Waals surface area contributed by atoms with Crippen molar-refractivity contribution in [3.05, 3.63) is 41.2 Å². The van der Waals surface area contributed by atoms with Crippen LogP contribution in [0.15, 0.2) is 29.4 Å². The van der Waals surface area contributed by atoms with E-state index in [-0.39, 0.29) is 29.4 Å². The third-order valence-corrected chi connectivity index (χ3v) is 5.47. The van der Waals surface area contributed by atoms with Gasteiger partial charge in [0.2, 0.25) is 5.76 Å². The number of benzene rings is 1. The van der Waals surface area contributed by atoms with Crippen LogP contribution in [0.2, 0.25) is 0 Å². The highest BCUT2D eigenvalue weighted by atomic mass is 32.2. The number of rotatable bonds is 9. The molecule has 0 saturated heterocycles. The normalized spacial score (nSPS) is 11.9. The van der Waals surface area contributed by atoms with Crippen molar-refractivity contribution in [3.8, 4) is 0 Å². The minimum absolute atomic E-state index is 0.0525. The molecule has 1 aromatic carbocycles. The molecule has 152 valence electrons. The quantitative estimate of drug-likeness (QED) is 0.201. The van der Waals surface area contributed by atoms with E-state index in [2.05, 4.69) is 25.2 Å². The fourth-order valence-corrected chi connectivity index (χ4v) is 4.16. The lowest BCUT2D eigenvalue weighted by atomic mass is 9.89. The maximum Gasteiger partial charge on any atom is 0.376 e. The Hall–Kier alpha value is -1.86. The van der Waals surface area contributed by atoms with E-state index in [4.69, 9.17) is 8.92 Å². The summed E-state index contributed by atoms with van der Waals surface area (Å²) in [4.78, 5) is 11.9. The van der Waals surface area contributed by atoms with Crippen molar-refractivity contribution in [2.75, 3.05) is 13.9 Å². The summed E-state index contributed by atoms with van der Waals surface area (Å²) in [5.41, 5.74) is 2.37. The number of hydrogen-bond acceptors (Lipinski definition) is 6. The van der Waals surface area contributed by atoms with Crippen LogP contribution in [-0.2, 0) is 28.6 Å². The zero-order valence-corrected chi connectivity index (χ0v) is 18.0. The molecule has 0 heterocycles. The minimum atomic E-state index is -4.26. The smallest absolute Gasteiger partial charge is 0.376 e. The first-order valence-electron chi connectivity index (χ1n) is 8.89. The Morgan fingerprint density at radius 1 is 1.00 bits per heavy atom. The van der Waals surface area contributed by atoms with Gasteiger partial charge >= 0.3 is 16.1 Å². The zero-order chi connectivity index (χ0) is 20.9. The average Bonchev–Trinajstić information content (AvgIpc) is 2.57. The molecule has 0 saturated carbocycles. The molecule has 0 aromatic heterocycles. The number of carbonyl (C=O) groups excluding carboxylic acids is 1. The second kappa shape index (κ2) is 9.37. The minimum Gasteiger partial charge on any atom is -0.433 e. The zero-order valence-electron chi connectivity index (χ0n) is 17.2. The highest BCUT2D eigenvalue weighted by Gasteiger charge is 2.30. The van der Waals surface area contributed by atoms with Crippen LogP contribution in [0.1, 0.15) is 76.0 Å². The Kier molecular flexibility index (Phi) is 8.04. The molecule has 27 heavy (non-hydrogen) atoms. The fraction of sp³-hybridized carbons (Fsp3) is 0.550. The van der Waals surface area contributed by atoms with Gasteiger partial charge in [-0.2, -0.15) is 8.42 Å². The Bertz CT molecular complexity index is 762. The van der Waals surface area contributed by atoms with Gasteiger partial charge in [0.1, 0.15) is 4.90 Å². The Morgan fingerprint density at radius 2 is 1.48 bits per heavy atom. The van der Waals surface area contributed by atoms with E-state index < -0.39 is 21.8 Å². The second-order valence-electron chi connectivity index (χ2n) is 7.29. The van der Waals surface area contributed by atoms with Gasteiger partial charge < -0.3 is 13.7 Å². The molecule has 0 N–H and O–H groups in total. The van der Waals surface area contributed by atoms with E-state index in [1.807, 2.05) is 39.8 Å². The summed E-state index contributed by atoms with van der Waals surface area (Å²) in [6.07, 6.45) is 0. The van der Waals surface area contributed by atoms with Gasteiger partial charge in [0, 0.05) is 7.11 Å². The summed E-state index contributed by atoms with van der Waals surface area (Å²) in [6.45, 7) is 14.9. The van der Waals surface area contributed by atoms with Crippen molar-refractivity contribution in [1.82, 2.24) is 0 Å². The van der Waals surface area contributed by atoms with Gasteiger partial charge in [-0.1, -0.05) is 53.7 Å². The summed E-state index contributed by atoms with van der Waals surface area (Å²) < 4.78 is 40.4. The first-order valence-corrected chi connectivity index (χ1v) is 10.3. The van der Waals surface area contributed by atoms with Crippen LogP contribution >= 0.6 is 0 Å². The molecule has 0 aliphatic heterocycles. The molecule has 6 nitrogen and oxygen atoms in total. The highest BCUT2D eigenvalue weighted by Crippen LogP contribution is 2.36. The van der Waals surface area contributed by atoms with Crippen molar-refractivity contribution < 1.29 is 26.9 Å². The van der Waals surface area contributed by atoms with Crippen LogP contribution in [0, 0.1) is 0 Å². The van der Waals surface area contributed by atoms with E-state index in [0.717, 1.165) is 5.56 Å². The molecule has 0 amide bonds. The monoisotopic (exact) mass is 398 g/mol. The molecule has 0 spiro atoms. The SMILES string of the molecule is C=C(OS(=O)(=O)c1c(C(C)C)cc(C(C)C)cc1C(C)C)C(=O)OCOC. The molecule has 0 unspecified atom stereocenters. The molecule has 1 rings (SSSR count). The molecule has 7 heteroatoms. The molecular formula is C20H30O6S. The lowest BCUT2D eigenvalue weighted by Crippen LogP contribution is -2.18. The topological polar surface area (TPSA) is 78.9 Å². The van der Waals surface area contributed by atoms with E-state index in [9.17, 15) is 13.2 Å². The van der Waals surface area contributed by atoms with E-state index >= 15 is 0 Å². The molecule has 0 aliphatic rings. The van der Waals surface area contributed by atoms with Crippen LogP contribution in [0.3, 0.4) is 0 Å². The molecule has 1 aromatic rings. The number of esters is 1. The Labute approximate surface area is 162 Å². The third kappa shape index (κ3) is 5.81. The van der Waals surface area contributed by atoms with Crippen LogP contribution in [0.4, 0.5) is 0 Å². The van der Waals surface area contributed by atoms with Gasteiger partial charge in [-0.15, -0.1) is 0 Å². The van der Waals surface area contributed by atoms with Crippen LogP contribution in [-0.4, -0.2) is 28.3 Å². The second-order valence-corrected chi connectivity index (χ2v) is 8.77. The maximum absolute atomic E-state index is 13.0. The summed E-state index contributed by atoms with van der Waals surface area (Å²) >= 11 is 0. The highest BCUT2D eigenvalue weighted by molar-refractivity contribution is 7.87. The van der Waals surface area contributed by atoms with Crippen molar-refractivity contribution in [2.45, 2.75) is 64.2 Å². The maximum atomic E-state index is 13.0. The Balaban J connectivity index is 3.48. The fourth-order valence-electron chi connectivity index (χ4n) is 2.58.